The second kappa shape index (κ2) is 5.90. The Bertz CT molecular complexity index is 627. The highest BCUT2D eigenvalue weighted by Crippen LogP contribution is 2.16. The van der Waals surface area contributed by atoms with Crippen LogP contribution in [0.5, 0.6) is 0 Å². The molecule has 104 valence electrons. The summed E-state index contributed by atoms with van der Waals surface area (Å²) in [4.78, 5) is 12.0. The molecular weight excluding hydrogens is 265 g/mol. The first-order chi connectivity index (χ1) is 9.49. The zero-order chi connectivity index (χ0) is 14.7. The number of rotatable bonds is 4. The van der Waals surface area contributed by atoms with E-state index in [1.54, 1.807) is 12.1 Å². The van der Waals surface area contributed by atoms with Crippen molar-refractivity contribution in [2.75, 3.05) is 0 Å². The molecule has 0 unspecified atom stereocenters. The van der Waals surface area contributed by atoms with Gasteiger partial charge >= 0.3 is 0 Å². The van der Waals surface area contributed by atoms with E-state index in [1.807, 2.05) is 19.1 Å². The summed E-state index contributed by atoms with van der Waals surface area (Å²) in [5.41, 5.74) is 1.72. The van der Waals surface area contributed by atoms with Gasteiger partial charge in [0.25, 0.3) is 0 Å². The number of aryl methyl sites for hydroxylation is 2. The number of hydrogen-bond donors (Lipinski definition) is 0. The normalized spacial score (nSPS) is 10.6. The third-order valence-corrected chi connectivity index (χ3v) is 3.13. The van der Waals surface area contributed by atoms with Crippen molar-refractivity contribution in [2.45, 2.75) is 19.8 Å². The molecule has 0 saturated carbocycles. The fourth-order valence-electron chi connectivity index (χ4n) is 2.03. The SMILES string of the molecule is Cc1ccccc1C(=O)CCc1cc(F)c(F)c(F)c1. The summed E-state index contributed by atoms with van der Waals surface area (Å²) in [6.07, 6.45) is 0.288. The maximum Gasteiger partial charge on any atom is 0.194 e. The summed E-state index contributed by atoms with van der Waals surface area (Å²) >= 11 is 0. The summed E-state index contributed by atoms with van der Waals surface area (Å²) in [6.45, 7) is 1.82. The highest BCUT2D eigenvalue weighted by Gasteiger charge is 2.13. The van der Waals surface area contributed by atoms with Gasteiger partial charge in [-0.25, -0.2) is 13.2 Å². The Balaban J connectivity index is 2.10. The zero-order valence-electron chi connectivity index (χ0n) is 10.9. The largest absolute Gasteiger partial charge is 0.294 e. The summed E-state index contributed by atoms with van der Waals surface area (Å²) in [5.74, 6) is -4.06. The summed E-state index contributed by atoms with van der Waals surface area (Å²) in [7, 11) is 0. The number of carbonyl (C=O) groups is 1. The Morgan fingerprint density at radius 1 is 1.05 bits per heavy atom. The van der Waals surface area contributed by atoms with Gasteiger partial charge in [-0.05, 0) is 36.6 Å². The molecule has 0 saturated heterocycles. The first kappa shape index (κ1) is 14.3. The van der Waals surface area contributed by atoms with Gasteiger partial charge in [0.15, 0.2) is 23.2 Å². The van der Waals surface area contributed by atoms with Crippen LogP contribution >= 0.6 is 0 Å². The molecule has 0 spiro atoms. The molecule has 0 amide bonds. The van der Waals surface area contributed by atoms with Crippen molar-refractivity contribution in [1.82, 2.24) is 0 Å². The molecular formula is C16H13F3O. The third kappa shape index (κ3) is 3.07. The van der Waals surface area contributed by atoms with Crippen molar-refractivity contribution in [3.63, 3.8) is 0 Å². The lowest BCUT2D eigenvalue weighted by molar-refractivity contribution is 0.0982. The molecule has 0 atom stereocenters. The lowest BCUT2D eigenvalue weighted by atomic mass is 9.99. The van der Waals surface area contributed by atoms with Crippen LogP contribution in [0.4, 0.5) is 13.2 Å². The molecule has 2 aromatic carbocycles. The van der Waals surface area contributed by atoms with Gasteiger partial charge in [-0.3, -0.25) is 4.79 Å². The predicted octanol–water partition coefficient (Wildman–Crippen LogP) is 4.23. The van der Waals surface area contributed by atoms with Gasteiger partial charge in [0, 0.05) is 12.0 Å². The highest BCUT2D eigenvalue weighted by molar-refractivity contribution is 5.97. The molecule has 0 bridgehead atoms. The van der Waals surface area contributed by atoms with Gasteiger partial charge in [0.05, 0.1) is 0 Å². The quantitative estimate of drug-likeness (QED) is 0.604. The van der Waals surface area contributed by atoms with E-state index in [2.05, 4.69) is 0 Å². The van der Waals surface area contributed by atoms with Crippen molar-refractivity contribution < 1.29 is 18.0 Å². The van der Waals surface area contributed by atoms with E-state index in [4.69, 9.17) is 0 Å². The minimum atomic E-state index is -1.49. The Morgan fingerprint density at radius 3 is 2.25 bits per heavy atom. The van der Waals surface area contributed by atoms with Crippen molar-refractivity contribution in [3.8, 4) is 0 Å². The van der Waals surface area contributed by atoms with E-state index in [1.165, 1.54) is 0 Å². The van der Waals surface area contributed by atoms with Gasteiger partial charge < -0.3 is 0 Å². The predicted molar refractivity (Wildman–Crippen MR) is 70.1 cm³/mol. The van der Waals surface area contributed by atoms with E-state index >= 15 is 0 Å². The molecule has 4 heteroatoms. The molecule has 2 rings (SSSR count). The van der Waals surface area contributed by atoms with Crippen LogP contribution in [0, 0.1) is 24.4 Å². The summed E-state index contributed by atoms with van der Waals surface area (Å²) in [5, 5.41) is 0. The molecule has 0 radical (unpaired) electrons. The van der Waals surface area contributed by atoms with Crippen molar-refractivity contribution >= 4 is 5.78 Å². The van der Waals surface area contributed by atoms with Crippen LogP contribution in [0.3, 0.4) is 0 Å². The van der Waals surface area contributed by atoms with E-state index in [-0.39, 0.29) is 24.2 Å². The molecule has 0 aliphatic heterocycles. The van der Waals surface area contributed by atoms with E-state index in [9.17, 15) is 18.0 Å². The zero-order valence-corrected chi connectivity index (χ0v) is 10.9. The number of halogens is 3. The molecule has 20 heavy (non-hydrogen) atoms. The lowest BCUT2D eigenvalue weighted by Crippen LogP contribution is -2.04. The molecule has 0 heterocycles. The average Bonchev–Trinajstić information content (AvgIpc) is 2.42. The van der Waals surface area contributed by atoms with Gasteiger partial charge in [-0.15, -0.1) is 0 Å². The third-order valence-electron chi connectivity index (χ3n) is 3.13. The van der Waals surface area contributed by atoms with Crippen LogP contribution in [0.25, 0.3) is 0 Å². The molecule has 0 aromatic heterocycles. The van der Waals surface area contributed by atoms with Crippen LogP contribution in [-0.2, 0) is 6.42 Å². The summed E-state index contributed by atoms with van der Waals surface area (Å²) in [6, 6.07) is 8.97. The molecule has 1 nitrogen and oxygen atoms in total. The van der Waals surface area contributed by atoms with Gasteiger partial charge in [-0.2, -0.15) is 0 Å². The van der Waals surface area contributed by atoms with Crippen molar-refractivity contribution in [3.05, 3.63) is 70.5 Å². The number of benzene rings is 2. The first-order valence-electron chi connectivity index (χ1n) is 6.21. The molecule has 0 N–H and O–H groups in total. The molecule has 0 fully saturated rings. The maximum absolute atomic E-state index is 13.1. The molecule has 0 aliphatic carbocycles. The fraction of sp³-hybridized carbons (Fsp3) is 0.188. The van der Waals surface area contributed by atoms with E-state index in [0.29, 0.717) is 5.56 Å². The summed E-state index contributed by atoms with van der Waals surface area (Å²) < 4.78 is 38.9. The number of Topliss-reactive ketones (excluding diaryl/α,β-unsaturated/α-hetero) is 1. The minimum absolute atomic E-state index is 0.103. The average molecular weight is 278 g/mol. The smallest absolute Gasteiger partial charge is 0.194 e. The minimum Gasteiger partial charge on any atom is -0.294 e. The van der Waals surface area contributed by atoms with Crippen LogP contribution in [0.1, 0.15) is 27.9 Å². The monoisotopic (exact) mass is 278 g/mol. The van der Waals surface area contributed by atoms with Gasteiger partial charge in [0.1, 0.15) is 0 Å². The van der Waals surface area contributed by atoms with Crippen LogP contribution in [-0.4, -0.2) is 5.78 Å². The lowest BCUT2D eigenvalue weighted by Gasteiger charge is -2.05. The van der Waals surface area contributed by atoms with Crippen molar-refractivity contribution in [2.24, 2.45) is 0 Å². The molecule has 0 aliphatic rings. The molecule has 2 aromatic rings. The second-order valence-corrected chi connectivity index (χ2v) is 4.61. The van der Waals surface area contributed by atoms with Crippen LogP contribution in [0.2, 0.25) is 0 Å². The van der Waals surface area contributed by atoms with E-state index in [0.717, 1.165) is 17.7 Å². The number of carbonyl (C=O) groups excluding carboxylic acids is 1. The topological polar surface area (TPSA) is 17.1 Å². The van der Waals surface area contributed by atoms with Gasteiger partial charge in [0.2, 0.25) is 0 Å². The Morgan fingerprint density at radius 2 is 1.65 bits per heavy atom. The Kier molecular flexibility index (Phi) is 4.23. The Labute approximate surface area is 115 Å². The van der Waals surface area contributed by atoms with Crippen LogP contribution in [0.15, 0.2) is 36.4 Å². The van der Waals surface area contributed by atoms with E-state index < -0.39 is 17.5 Å². The standard InChI is InChI=1S/C16H13F3O/c1-10-4-2-3-5-12(10)15(20)7-6-11-8-13(17)16(19)14(18)9-11/h2-5,8-9H,6-7H2,1H3. The Hall–Kier alpha value is -2.10. The second-order valence-electron chi connectivity index (χ2n) is 4.61. The van der Waals surface area contributed by atoms with Gasteiger partial charge in [-0.1, -0.05) is 24.3 Å². The first-order valence-corrected chi connectivity index (χ1v) is 6.21. The highest BCUT2D eigenvalue weighted by atomic mass is 19.2. The number of ketones is 1. The maximum atomic E-state index is 13.1. The fourth-order valence-corrected chi connectivity index (χ4v) is 2.03. The number of hydrogen-bond acceptors (Lipinski definition) is 1. The van der Waals surface area contributed by atoms with Crippen molar-refractivity contribution in [1.29, 1.82) is 0 Å². The van der Waals surface area contributed by atoms with Crippen LogP contribution < -0.4 is 0 Å².